The van der Waals surface area contributed by atoms with Gasteiger partial charge in [-0.05, 0) is 37.9 Å². The molecule has 0 radical (unpaired) electrons. The largest absolute Gasteiger partial charge is 1.00 e. The van der Waals surface area contributed by atoms with E-state index in [-0.39, 0.29) is 36.9 Å². The van der Waals surface area contributed by atoms with Crippen molar-refractivity contribution >= 4 is 21.8 Å². The van der Waals surface area contributed by atoms with Crippen LogP contribution in [0, 0.1) is 5.92 Å². The van der Waals surface area contributed by atoms with Crippen molar-refractivity contribution in [3.8, 4) is 5.75 Å². The summed E-state index contributed by atoms with van der Waals surface area (Å²) in [7, 11) is -1.63. The van der Waals surface area contributed by atoms with Crippen LogP contribution in [0.3, 0.4) is 0 Å². The van der Waals surface area contributed by atoms with Gasteiger partial charge in [-0.3, -0.25) is 4.90 Å². The second-order valence-electron chi connectivity index (χ2n) is 7.60. The number of ether oxygens (including phenoxy) is 1. The van der Waals surface area contributed by atoms with E-state index in [9.17, 15) is 18.3 Å². The van der Waals surface area contributed by atoms with E-state index in [1.54, 1.807) is 0 Å². The molecule has 1 saturated heterocycles. The van der Waals surface area contributed by atoms with E-state index in [0.29, 0.717) is 30.5 Å². The van der Waals surface area contributed by atoms with Gasteiger partial charge in [0, 0.05) is 38.3 Å². The number of rotatable bonds is 11. The van der Waals surface area contributed by atoms with Crippen molar-refractivity contribution < 1.29 is 46.1 Å². The van der Waals surface area contributed by atoms with Gasteiger partial charge in [-0.1, -0.05) is 6.07 Å². The molecule has 1 aromatic carbocycles. The number of anilines is 1. The van der Waals surface area contributed by atoms with E-state index in [2.05, 4.69) is 15.1 Å². The number of likely N-dealkylation sites (N-methyl/N-ethyl adjacent to an activating group) is 1. The fourth-order valence-corrected chi connectivity index (χ4v) is 3.81. The molecule has 0 aromatic heterocycles. The number of nitrogens with zero attached hydrogens (tertiary/aromatic N) is 2. The Balaban J connectivity index is 0.00000320. The van der Waals surface area contributed by atoms with Crippen molar-refractivity contribution in [1.29, 1.82) is 0 Å². The topological polar surface area (TPSA) is 111 Å². The summed E-state index contributed by atoms with van der Waals surface area (Å²) < 4.78 is 35.1. The SMILES string of the molecule is CN1CCN(CCS(=O)(=O)OCNc2ccc(C(=O)[O-])cc2OCC2CC2)CC1.[Li+]. The summed E-state index contributed by atoms with van der Waals surface area (Å²) in [6.45, 7) is 4.21. The third kappa shape index (κ3) is 8.10. The van der Waals surface area contributed by atoms with Gasteiger partial charge < -0.3 is 24.9 Å². The summed E-state index contributed by atoms with van der Waals surface area (Å²) in [4.78, 5) is 15.4. The molecule has 3 rings (SSSR count). The maximum absolute atomic E-state index is 12.2. The van der Waals surface area contributed by atoms with Crippen LogP contribution in [0.1, 0.15) is 23.2 Å². The van der Waals surface area contributed by atoms with E-state index in [0.717, 1.165) is 39.0 Å². The maximum Gasteiger partial charge on any atom is 1.00 e. The Morgan fingerprint density at radius 1 is 1.23 bits per heavy atom. The molecule has 0 amide bonds. The van der Waals surface area contributed by atoms with Gasteiger partial charge in [0.05, 0.1) is 24.0 Å². The number of carbonyl (C=O) groups excluding carboxylic acids is 1. The molecule has 0 atom stereocenters. The summed E-state index contributed by atoms with van der Waals surface area (Å²) in [5.41, 5.74) is 0.479. The summed E-state index contributed by atoms with van der Waals surface area (Å²) in [5.74, 6) is -0.541. The van der Waals surface area contributed by atoms with Gasteiger partial charge >= 0.3 is 18.9 Å². The minimum absolute atomic E-state index is 0. The number of hydrogen-bond donors (Lipinski definition) is 1. The van der Waals surface area contributed by atoms with E-state index in [1.807, 2.05) is 7.05 Å². The van der Waals surface area contributed by atoms with Crippen LogP contribution < -0.4 is 34.0 Å². The summed E-state index contributed by atoms with van der Waals surface area (Å²) in [5, 5.41) is 13.9. The van der Waals surface area contributed by atoms with Gasteiger partial charge in [0.25, 0.3) is 10.1 Å². The number of carbonyl (C=O) groups is 1. The summed E-state index contributed by atoms with van der Waals surface area (Å²) >= 11 is 0. The normalized spacial score (nSPS) is 17.9. The average Bonchev–Trinajstić information content (AvgIpc) is 3.51. The second-order valence-corrected chi connectivity index (χ2v) is 9.36. The number of benzene rings is 1. The van der Waals surface area contributed by atoms with Gasteiger partial charge in [0.2, 0.25) is 0 Å². The minimum Gasteiger partial charge on any atom is -0.545 e. The van der Waals surface area contributed by atoms with Crippen LogP contribution in [0.25, 0.3) is 0 Å². The molecule has 1 N–H and O–H groups in total. The van der Waals surface area contributed by atoms with Crippen LogP contribution >= 0.6 is 0 Å². The molecule has 30 heavy (non-hydrogen) atoms. The van der Waals surface area contributed by atoms with E-state index >= 15 is 0 Å². The maximum atomic E-state index is 12.2. The first-order chi connectivity index (χ1) is 13.8. The summed E-state index contributed by atoms with van der Waals surface area (Å²) in [6, 6.07) is 4.28. The number of nitrogens with one attached hydrogen (secondary N) is 1. The first-order valence-corrected chi connectivity index (χ1v) is 11.4. The van der Waals surface area contributed by atoms with Gasteiger partial charge in [0.1, 0.15) is 12.5 Å². The van der Waals surface area contributed by atoms with Crippen LogP contribution in [0.15, 0.2) is 18.2 Å². The number of carboxylic acids is 1. The number of piperazine rings is 1. The molecule has 0 bridgehead atoms. The van der Waals surface area contributed by atoms with Gasteiger partial charge in [-0.2, -0.15) is 8.42 Å². The van der Waals surface area contributed by atoms with Crippen LogP contribution in [0.2, 0.25) is 0 Å². The molecule has 2 aliphatic rings. The Hall–Kier alpha value is -1.28. The van der Waals surface area contributed by atoms with Crippen LogP contribution in [0.4, 0.5) is 5.69 Å². The molecular weight excluding hydrogens is 405 g/mol. The molecule has 0 unspecified atom stereocenters. The Bertz CT molecular complexity index is 810. The van der Waals surface area contributed by atoms with Gasteiger partial charge in [-0.15, -0.1) is 0 Å². The Kier molecular flexibility index (Phi) is 9.47. The fraction of sp³-hybridized carbons (Fsp3) is 0.632. The van der Waals surface area contributed by atoms with Crippen LogP contribution in [0.5, 0.6) is 5.75 Å². The Labute approximate surface area is 190 Å². The predicted molar refractivity (Wildman–Crippen MR) is 106 cm³/mol. The number of aromatic carboxylic acids is 1. The Morgan fingerprint density at radius 2 is 1.93 bits per heavy atom. The first kappa shape index (κ1) is 25.0. The smallest absolute Gasteiger partial charge is 0.545 e. The van der Waals surface area contributed by atoms with Crippen molar-refractivity contribution in [3.63, 3.8) is 0 Å². The molecular formula is C19H28LiN3O6S. The fourth-order valence-electron chi connectivity index (χ4n) is 2.98. The van der Waals surface area contributed by atoms with E-state index in [1.165, 1.54) is 18.2 Å². The molecule has 1 aromatic rings. The van der Waals surface area contributed by atoms with Gasteiger partial charge in [-0.25, -0.2) is 4.18 Å². The molecule has 1 aliphatic heterocycles. The molecule has 1 heterocycles. The van der Waals surface area contributed by atoms with Crippen molar-refractivity contribution in [2.24, 2.45) is 5.92 Å². The van der Waals surface area contributed by atoms with E-state index in [4.69, 9.17) is 8.92 Å². The van der Waals surface area contributed by atoms with Crippen molar-refractivity contribution in [2.75, 3.05) is 64.2 Å². The average molecular weight is 433 g/mol. The molecule has 1 saturated carbocycles. The van der Waals surface area contributed by atoms with Crippen molar-refractivity contribution in [2.45, 2.75) is 12.8 Å². The van der Waals surface area contributed by atoms with Crippen molar-refractivity contribution in [3.05, 3.63) is 23.8 Å². The molecule has 2 fully saturated rings. The molecule has 162 valence electrons. The number of carboxylic acid groups (broad SMARTS) is 1. The van der Waals surface area contributed by atoms with Crippen molar-refractivity contribution in [1.82, 2.24) is 9.80 Å². The number of hydrogen-bond acceptors (Lipinski definition) is 9. The second kappa shape index (κ2) is 11.4. The Morgan fingerprint density at radius 3 is 2.57 bits per heavy atom. The zero-order valence-electron chi connectivity index (χ0n) is 17.6. The minimum atomic E-state index is -3.68. The molecule has 9 nitrogen and oxygen atoms in total. The molecule has 1 aliphatic carbocycles. The van der Waals surface area contributed by atoms with Crippen LogP contribution in [-0.2, 0) is 14.3 Å². The quantitative estimate of drug-likeness (QED) is 0.219. The molecule has 0 spiro atoms. The third-order valence-electron chi connectivity index (χ3n) is 5.14. The summed E-state index contributed by atoms with van der Waals surface area (Å²) in [6.07, 6.45) is 2.19. The van der Waals surface area contributed by atoms with E-state index < -0.39 is 16.1 Å². The standard InChI is InChI=1S/C19H29N3O6S.Li/c1-21-6-8-22(9-7-21)10-11-29(25,26)28-14-20-17-5-4-16(19(23)24)12-18(17)27-13-15-2-3-15;/h4-5,12,15,20H,2-3,6-11,13-14H2,1H3,(H,23,24);/q;+1/p-1. The van der Waals surface area contributed by atoms with Crippen LogP contribution in [-0.4, -0.2) is 83.0 Å². The zero-order chi connectivity index (χ0) is 20.9. The first-order valence-electron chi connectivity index (χ1n) is 9.82. The zero-order valence-corrected chi connectivity index (χ0v) is 18.4. The third-order valence-corrected chi connectivity index (χ3v) is 6.30. The monoisotopic (exact) mass is 433 g/mol. The molecule has 11 heteroatoms. The predicted octanol–water partition coefficient (Wildman–Crippen LogP) is -3.19. The van der Waals surface area contributed by atoms with Gasteiger partial charge in [0.15, 0.2) is 0 Å².